The molecule has 0 aromatic heterocycles. The Morgan fingerprint density at radius 3 is 2.45 bits per heavy atom. The van der Waals surface area contributed by atoms with Crippen LogP contribution in [0.25, 0.3) is 0 Å². The summed E-state index contributed by atoms with van der Waals surface area (Å²) in [6.07, 6.45) is 0. The van der Waals surface area contributed by atoms with Crippen molar-refractivity contribution in [2.24, 2.45) is 5.92 Å². The lowest BCUT2D eigenvalue weighted by molar-refractivity contribution is -0.129. The first kappa shape index (κ1) is 19.1. The third-order valence-corrected chi connectivity index (χ3v) is 5.38. The second kappa shape index (κ2) is 8.45. The standard InChI is InChI=1S/C22H24N4O3/c27-19(24-12-16-10-23-11-16)13-25-21(28)20-17-8-4-5-9-18(17)22(29)26(20)14-15-6-2-1-3-7-15/h1-9,16,20,23H,10-14H2,(H,24,27)(H,25,28). The lowest BCUT2D eigenvalue weighted by atomic mass is 10.0. The minimum atomic E-state index is -0.748. The predicted molar refractivity (Wildman–Crippen MR) is 108 cm³/mol. The molecule has 0 aliphatic carbocycles. The van der Waals surface area contributed by atoms with Crippen molar-refractivity contribution in [2.45, 2.75) is 12.6 Å². The molecule has 7 heteroatoms. The van der Waals surface area contributed by atoms with E-state index in [1.165, 1.54) is 0 Å². The van der Waals surface area contributed by atoms with Crippen LogP contribution in [-0.2, 0) is 16.1 Å². The minimum Gasteiger partial charge on any atom is -0.354 e. The molecule has 3 N–H and O–H groups in total. The molecule has 0 saturated carbocycles. The Hall–Kier alpha value is -3.19. The Balaban J connectivity index is 1.45. The van der Waals surface area contributed by atoms with Crippen molar-refractivity contribution < 1.29 is 14.4 Å². The molecule has 150 valence electrons. The second-order valence-corrected chi connectivity index (χ2v) is 7.45. The lowest BCUT2D eigenvalue weighted by Crippen LogP contribution is -2.50. The average Bonchev–Trinajstić information content (AvgIpc) is 2.98. The average molecular weight is 392 g/mol. The van der Waals surface area contributed by atoms with Gasteiger partial charge in [0.25, 0.3) is 5.91 Å². The molecule has 2 heterocycles. The van der Waals surface area contributed by atoms with E-state index >= 15 is 0 Å². The van der Waals surface area contributed by atoms with E-state index in [1.54, 1.807) is 23.1 Å². The number of rotatable bonds is 7. The maximum Gasteiger partial charge on any atom is 0.255 e. The number of hydrogen-bond donors (Lipinski definition) is 3. The molecule has 29 heavy (non-hydrogen) atoms. The SMILES string of the molecule is O=C(CNC(=O)C1c2ccccc2C(=O)N1Cc1ccccc1)NCC1CNC1. The zero-order chi connectivity index (χ0) is 20.2. The van der Waals surface area contributed by atoms with Crippen LogP contribution in [0.4, 0.5) is 0 Å². The second-order valence-electron chi connectivity index (χ2n) is 7.45. The third kappa shape index (κ3) is 4.14. The zero-order valence-corrected chi connectivity index (χ0v) is 16.1. The Morgan fingerprint density at radius 1 is 1.00 bits per heavy atom. The van der Waals surface area contributed by atoms with Crippen molar-refractivity contribution in [2.75, 3.05) is 26.2 Å². The van der Waals surface area contributed by atoms with E-state index in [9.17, 15) is 14.4 Å². The first-order valence-electron chi connectivity index (χ1n) is 9.82. The highest BCUT2D eigenvalue weighted by molar-refractivity contribution is 6.05. The van der Waals surface area contributed by atoms with Crippen LogP contribution in [0.3, 0.4) is 0 Å². The summed E-state index contributed by atoms with van der Waals surface area (Å²) in [4.78, 5) is 39.5. The maximum absolute atomic E-state index is 13.0. The van der Waals surface area contributed by atoms with Crippen molar-refractivity contribution in [1.29, 1.82) is 0 Å². The van der Waals surface area contributed by atoms with Gasteiger partial charge >= 0.3 is 0 Å². The van der Waals surface area contributed by atoms with Gasteiger partial charge in [0.15, 0.2) is 0 Å². The minimum absolute atomic E-state index is 0.106. The molecule has 2 aliphatic heterocycles. The Kier molecular flexibility index (Phi) is 5.57. The molecule has 0 spiro atoms. The molecule has 1 fully saturated rings. The van der Waals surface area contributed by atoms with Crippen LogP contribution in [0, 0.1) is 5.92 Å². The fourth-order valence-corrected chi connectivity index (χ4v) is 3.67. The summed E-state index contributed by atoms with van der Waals surface area (Å²) in [5.41, 5.74) is 2.15. The van der Waals surface area contributed by atoms with E-state index in [-0.39, 0.29) is 24.3 Å². The van der Waals surface area contributed by atoms with Gasteiger partial charge in [0, 0.05) is 37.7 Å². The molecule has 4 rings (SSSR count). The van der Waals surface area contributed by atoms with Gasteiger partial charge in [-0.15, -0.1) is 0 Å². The Morgan fingerprint density at radius 2 is 1.72 bits per heavy atom. The summed E-state index contributed by atoms with van der Waals surface area (Å²) in [6, 6.07) is 16.0. The number of benzene rings is 2. The van der Waals surface area contributed by atoms with E-state index in [2.05, 4.69) is 16.0 Å². The molecule has 2 aromatic carbocycles. The van der Waals surface area contributed by atoms with Gasteiger partial charge < -0.3 is 20.9 Å². The highest BCUT2D eigenvalue weighted by atomic mass is 16.2. The summed E-state index contributed by atoms with van der Waals surface area (Å²) in [6.45, 7) is 2.63. The number of nitrogens with one attached hydrogen (secondary N) is 3. The molecule has 2 aromatic rings. The molecule has 0 radical (unpaired) electrons. The molecule has 1 atom stereocenters. The maximum atomic E-state index is 13.0. The normalized spacial score (nSPS) is 18.1. The van der Waals surface area contributed by atoms with Gasteiger partial charge in [-0.1, -0.05) is 48.5 Å². The van der Waals surface area contributed by atoms with Gasteiger partial charge in [0.1, 0.15) is 6.04 Å². The molecule has 0 bridgehead atoms. The van der Waals surface area contributed by atoms with E-state index in [0.29, 0.717) is 30.1 Å². The van der Waals surface area contributed by atoms with Gasteiger partial charge in [0.05, 0.1) is 6.54 Å². The van der Waals surface area contributed by atoms with E-state index in [4.69, 9.17) is 0 Å². The summed E-state index contributed by atoms with van der Waals surface area (Å²) in [5.74, 6) is -0.293. The largest absolute Gasteiger partial charge is 0.354 e. The van der Waals surface area contributed by atoms with E-state index in [1.807, 2.05) is 36.4 Å². The van der Waals surface area contributed by atoms with Crippen molar-refractivity contribution in [3.8, 4) is 0 Å². The Bertz CT molecular complexity index is 911. The van der Waals surface area contributed by atoms with E-state index < -0.39 is 6.04 Å². The van der Waals surface area contributed by atoms with Crippen LogP contribution in [0.1, 0.15) is 27.5 Å². The summed E-state index contributed by atoms with van der Waals surface area (Å²) >= 11 is 0. The number of amides is 3. The first-order chi connectivity index (χ1) is 14.1. The van der Waals surface area contributed by atoms with Crippen LogP contribution < -0.4 is 16.0 Å². The van der Waals surface area contributed by atoms with Gasteiger partial charge in [-0.2, -0.15) is 0 Å². The number of carbonyl (C=O) groups excluding carboxylic acids is 3. The van der Waals surface area contributed by atoms with E-state index in [0.717, 1.165) is 18.7 Å². The smallest absolute Gasteiger partial charge is 0.255 e. The first-order valence-corrected chi connectivity index (χ1v) is 9.82. The number of fused-ring (bicyclic) bond motifs is 1. The quantitative estimate of drug-likeness (QED) is 0.651. The van der Waals surface area contributed by atoms with Crippen LogP contribution in [-0.4, -0.2) is 48.8 Å². The molecule has 2 aliphatic rings. The zero-order valence-electron chi connectivity index (χ0n) is 16.1. The van der Waals surface area contributed by atoms with Crippen LogP contribution in [0.15, 0.2) is 54.6 Å². The number of hydrogen-bond acceptors (Lipinski definition) is 4. The van der Waals surface area contributed by atoms with Crippen molar-refractivity contribution >= 4 is 17.7 Å². The van der Waals surface area contributed by atoms with Crippen LogP contribution in [0.5, 0.6) is 0 Å². The topological polar surface area (TPSA) is 90.5 Å². The number of nitrogens with zero attached hydrogens (tertiary/aromatic N) is 1. The van der Waals surface area contributed by atoms with Gasteiger partial charge in [0.2, 0.25) is 11.8 Å². The molecule has 3 amide bonds. The Labute approximate surface area is 169 Å². The third-order valence-electron chi connectivity index (χ3n) is 5.38. The highest BCUT2D eigenvalue weighted by Crippen LogP contribution is 2.34. The molecular formula is C22H24N4O3. The fraction of sp³-hybridized carbons (Fsp3) is 0.318. The fourth-order valence-electron chi connectivity index (χ4n) is 3.67. The summed E-state index contributed by atoms with van der Waals surface area (Å²) < 4.78 is 0. The van der Waals surface area contributed by atoms with Crippen molar-refractivity contribution in [3.05, 3.63) is 71.3 Å². The van der Waals surface area contributed by atoms with Crippen LogP contribution >= 0.6 is 0 Å². The van der Waals surface area contributed by atoms with Crippen molar-refractivity contribution in [1.82, 2.24) is 20.9 Å². The van der Waals surface area contributed by atoms with Gasteiger partial charge in [-0.3, -0.25) is 14.4 Å². The summed E-state index contributed by atoms with van der Waals surface area (Å²) in [5, 5.41) is 8.69. The molecule has 1 unspecified atom stereocenters. The predicted octanol–water partition coefficient (Wildman–Crippen LogP) is 0.836. The molecular weight excluding hydrogens is 368 g/mol. The highest BCUT2D eigenvalue weighted by Gasteiger charge is 2.40. The number of carbonyl (C=O) groups is 3. The van der Waals surface area contributed by atoms with Gasteiger partial charge in [-0.05, 0) is 17.2 Å². The molecule has 1 saturated heterocycles. The van der Waals surface area contributed by atoms with Crippen molar-refractivity contribution in [3.63, 3.8) is 0 Å². The summed E-state index contributed by atoms with van der Waals surface area (Å²) in [7, 11) is 0. The monoisotopic (exact) mass is 392 g/mol. The molecule has 7 nitrogen and oxygen atoms in total. The van der Waals surface area contributed by atoms with Gasteiger partial charge in [-0.25, -0.2) is 0 Å². The lowest BCUT2D eigenvalue weighted by Gasteiger charge is -2.27. The van der Waals surface area contributed by atoms with Crippen LogP contribution in [0.2, 0.25) is 0 Å².